The summed E-state index contributed by atoms with van der Waals surface area (Å²) in [4.78, 5) is 14.5. The maximum atomic E-state index is 12.7. The predicted octanol–water partition coefficient (Wildman–Crippen LogP) is 4.18. The Morgan fingerprint density at radius 2 is 2.21 bits per heavy atom. The smallest absolute Gasteiger partial charge is 0.322 e. The van der Waals surface area contributed by atoms with Crippen LogP contribution in [-0.4, -0.2) is 29.7 Å². The minimum Gasteiger partial charge on any atom is -0.495 e. The summed E-state index contributed by atoms with van der Waals surface area (Å²) >= 11 is 0. The van der Waals surface area contributed by atoms with Crippen molar-refractivity contribution in [3.05, 3.63) is 41.8 Å². The summed E-state index contributed by atoms with van der Waals surface area (Å²) in [6, 6.07) is 9.16. The molecule has 1 aliphatic heterocycles. The number of urea groups is 1. The molecule has 24 heavy (non-hydrogen) atoms. The number of para-hydroxylation sites is 2. The van der Waals surface area contributed by atoms with Crippen LogP contribution >= 0.6 is 0 Å². The maximum Gasteiger partial charge on any atom is 0.322 e. The third kappa shape index (κ3) is 3.22. The standard InChI is InChI=1S/C18H23N3O3/c1-12(2)17-11-14(20-24-17)15-8-6-10-21(15)18(22)19-13-7-4-5-9-16(13)23-3/h4-5,7,9,11-12,15H,6,8,10H2,1-3H3,(H,19,22)/t15-/m1/s1. The van der Waals surface area contributed by atoms with Gasteiger partial charge in [0.15, 0.2) is 0 Å². The first-order chi connectivity index (χ1) is 11.6. The fraction of sp³-hybridized carbons (Fsp3) is 0.444. The van der Waals surface area contributed by atoms with Gasteiger partial charge in [0.1, 0.15) is 17.2 Å². The second-order valence-electron chi connectivity index (χ2n) is 6.29. The lowest BCUT2D eigenvalue weighted by Gasteiger charge is -2.23. The predicted molar refractivity (Wildman–Crippen MR) is 91.3 cm³/mol. The van der Waals surface area contributed by atoms with E-state index in [2.05, 4.69) is 24.3 Å². The molecule has 1 saturated heterocycles. The van der Waals surface area contributed by atoms with Crippen molar-refractivity contribution in [1.82, 2.24) is 10.1 Å². The summed E-state index contributed by atoms with van der Waals surface area (Å²) in [5.74, 6) is 1.77. The van der Waals surface area contributed by atoms with Crippen molar-refractivity contribution in [3.63, 3.8) is 0 Å². The van der Waals surface area contributed by atoms with Crippen molar-refractivity contribution in [2.45, 2.75) is 38.6 Å². The van der Waals surface area contributed by atoms with E-state index in [1.165, 1.54) is 0 Å². The van der Waals surface area contributed by atoms with E-state index in [1.54, 1.807) is 7.11 Å². The average molecular weight is 329 g/mol. The fourth-order valence-corrected chi connectivity index (χ4v) is 2.99. The van der Waals surface area contributed by atoms with Crippen molar-refractivity contribution in [3.8, 4) is 5.75 Å². The minimum atomic E-state index is -0.143. The first-order valence-electron chi connectivity index (χ1n) is 8.27. The average Bonchev–Trinajstić information content (AvgIpc) is 3.24. The Kier molecular flexibility index (Phi) is 4.74. The molecule has 1 atom stereocenters. The van der Waals surface area contributed by atoms with Gasteiger partial charge in [0, 0.05) is 18.5 Å². The molecule has 1 aromatic heterocycles. The Morgan fingerprint density at radius 1 is 1.42 bits per heavy atom. The van der Waals surface area contributed by atoms with Crippen molar-refractivity contribution >= 4 is 11.7 Å². The molecule has 2 amide bonds. The number of hydrogen-bond acceptors (Lipinski definition) is 4. The van der Waals surface area contributed by atoms with E-state index < -0.39 is 0 Å². The topological polar surface area (TPSA) is 67.6 Å². The van der Waals surface area contributed by atoms with Gasteiger partial charge in [-0.3, -0.25) is 0 Å². The van der Waals surface area contributed by atoms with Crippen LogP contribution < -0.4 is 10.1 Å². The van der Waals surface area contributed by atoms with E-state index in [4.69, 9.17) is 9.26 Å². The Bertz CT molecular complexity index is 711. The quantitative estimate of drug-likeness (QED) is 0.914. The lowest BCUT2D eigenvalue weighted by Crippen LogP contribution is -2.34. The van der Waals surface area contributed by atoms with Gasteiger partial charge in [-0.1, -0.05) is 31.1 Å². The van der Waals surface area contributed by atoms with Gasteiger partial charge in [0.25, 0.3) is 0 Å². The second-order valence-corrected chi connectivity index (χ2v) is 6.29. The van der Waals surface area contributed by atoms with E-state index >= 15 is 0 Å². The fourth-order valence-electron chi connectivity index (χ4n) is 2.99. The van der Waals surface area contributed by atoms with Gasteiger partial charge in [-0.25, -0.2) is 4.79 Å². The molecular formula is C18H23N3O3. The van der Waals surface area contributed by atoms with Crippen LogP contribution in [0.5, 0.6) is 5.75 Å². The van der Waals surface area contributed by atoms with Crippen LogP contribution in [0.2, 0.25) is 0 Å². The number of ether oxygens (including phenoxy) is 1. The van der Waals surface area contributed by atoms with Gasteiger partial charge < -0.3 is 19.5 Å². The molecule has 0 radical (unpaired) electrons. The summed E-state index contributed by atoms with van der Waals surface area (Å²) in [7, 11) is 1.59. The Hall–Kier alpha value is -2.50. The highest BCUT2D eigenvalue weighted by atomic mass is 16.5. The highest BCUT2D eigenvalue weighted by Crippen LogP contribution is 2.33. The number of rotatable bonds is 4. The van der Waals surface area contributed by atoms with Crippen molar-refractivity contribution in [2.75, 3.05) is 19.0 Å². The second kappa shape index (κ2) is 6.95. The third-order valence-electron chi connectivity index (χ3n) is 4.32. The molecule has 0 bridgehead atoms. The van der Waals surface area contributed by atoms with Crippen LogP contribution in [-0.2, 0) is 0 Å². The highest BCUT2D eigenvalue weighted by molar-refractivity contribution is 5.91. The molecule has 2 heterocycles. The number of carbonyl (C=O) groups excluding carboxylic acids is 1. The van der Waals surface area contributed by atoms with Crippen LogP contribution in [0.4, 0.5) is 10.5 Å². The molecule has 6 nitrogen and oxygen atoms in total. The largest absolute Gasteiger partial charge is 0.495 e. The SMILES string of the molecule is COc1ccccc1NC(=O)N1CCC[C@@H]1c1cc(C(C)C)on1. The van der Waals surface area contributed by atoms with Gasteiger partial charge in [-0.15, -0.1) is 0 Å². The van der Waals surface area contributed by atoms with Crippen LogP contribution in [0.25, 0.3) is 0 Å². The Labute approximate surface area is 141 Å². The molecule has 2 aromatic rings. The first-order valence-corrected chi connectivity index (χ1v) is 8.27. The lowest BCUT2D eigenvalue weighted by molar-refractivity contribution is 0.204. The van der Waals surface area contributed by atoms with Crippen LogP contribution in [0.3, 0.4) is 0 Å². The molecule has 128 valence electrons. The van der Waals surface area contributed by atoms with Crippen LogP contribution in [0, 0.1) is 0 Å². The number of anilines is 1. The monoisotopic (exact) mass is 329 g/mol. The zero-order valence-corrected chi connectivity index (χ0v) is 14.3. The lowest BCUT2D eigenvalue weighted by atomic mass is 10.1. The zero-order chi connectivity index (χ0) is 17.1. The number of nitrogens with one attached hydrogen (secondary N) is 1. The molecule has 0 saturated carbocycles. The molecule has 1 N–H and O–H groups in total. The number of nitrogens with zero attached hydrogens (tertiary/aromatic N) is 2. The van der Waals surface area contributed by atoms with E-state index in [0.717, 1.165) is 24.3 Å². The van der Waals surface area contributed by atoms with E-state index in [0.29, 0.717) is 18.0 Å². The molecule has 1 aromatic carbocycles. The summed E-state index contributed by atoms with van der Waals surface area (Å²) in [5, 5.41) is 7.11. The number of amides is 2. The van der Waals surface area contributed by atoms with Gasteiger partial charge in [-0.05, 0) is 25.0 Å². The molecule has 6 heteroatoms. The number of benzene rings is 1. The highest BCUT2D eigenvalue weighted by Gasteiger charge is 2.32. The first kappa shape index (κ1) is 16.4. The van der Waals surface area contributed by atoms with E-state index in [1.807, 2.05) is 35.2 Å². The zero-order valence-electron chi connectivity index (χ0n) is 14.3. The van der Waals surface area contributed by atoms with Crippen molar-refractivity contribution < 1.29 is 14.1 Å². The molecule has 1 fully saturated rings. The molecule has 1 aliphatic rings. The van der Waals surface area contributed by atoms with Gasteiger partial charge in [0.05, 0.1) is 18.8 Å². The number of aromatic nitrogens is 1. The number of carbonyl (C=O) groups is 1. The summed E-state index contributed by atoms with van der Waals surface area (Å²) in [6.45, 7) is 4.83. The molecule has 0 spiro atoms. The van der Waals surface area contributed by atoms with Crippen molar-refractivity contribution in [1.29, 1.82) is 0 Å². The number of methoxy groups -OCH3 is 1. The minimum absolute atomic E-state index is 0.0454. The normalized spacial score (nSPS) is 17.3. The number of likely N-dealkylation sites (tertiary alicyclic amines) is 1. The Morgan fingerprint density at radius 3 is 2.92 bits per heavy atom. The van der Waals surface area contributed by atoms with Crippen LogP contribution in [0.1, 0.15) is 50.1 Å². The maximum absolute atomic E-state index is 12.7. The van der Waals surface area contributed by atoms with Gasteiger partial charge in [0.2, 0.25) is 0 Å². The summed E-state index contributed by atoms with van der Waals surface area (Å²) < 4.78 is 10.7. The summed E-state index contributed by atoms with van der Waals surface area (Å²) in [5.41, 5.74) is 1.49. The van der Waals surface area contributed by atoms with Gasteiger partial charge >= 0.3 is 6.03 Å². The molecular weight excluding hydrogens is 306 g/mol. The van der Waals surface area contributed by atoms with E-state index in [-0.39, 0.29) is 18.0 Å². The van der Waals surface area contributed by atoms with Crippen molar-refractivity contribution in [2.24, 2.45) is 0 Å². The third-order valence-corrected chi connectivity index (χ3v) is 4.32. The molecule has 0 unspecified atom stereocenters. The summed E-state index contributed by atoms with van der Waals surface area (Å²) in [6.07, 6.45) is 1.84. The molecule has 0 aliphatic carbocycles. The number of hydrogen-bond donors (Lipinski definition) is 1. The molecule has 3 rings (SSSR count). The van der Waals surface area contributed by atoms with Crippen LogP contribution in [0.15, 0.2) is 34.9 Å². The van der Waals surface area contributed by atoms with Gasteiger partial charge in [-0.2, -0.15) is 0 Å². The Balaban J connectivity index is 1.76. The van der Waals surface area contributed by atoms with E-state index in [9.17, 15) is 4.79 Å².